The number of rotatable bonds is 3. The van der Waals surface area contributed by atoms with Gasteiger partial charge in [-0.3, -0.25) is 4.79 Å². The maximum Gasteiger partial charge on any atom is 0.276 e. The van der Waals surface area contributed by atoms with Gasteiger partial charge in [-0.05, 0) is 22.8 Å². The number of carbonyl (C=O) groups excluding carboxylic acids is 1. The minimum Gasteiger partial charge on any atom is -0.320 e. The summed E-state index contributed by atoms with van der Waals surface area (Å²) in [5.41, 5.74) is 6.42. The molecule has 1 amide bonds. The van der Waals surface area contributed by atoms with E-state index in [9.17, 15) is 4.79 Å². The van der Waals surface area contributed by atoms with E-state index in [0.717, 1.165) is 27.3 Å². The highest BCUT2D eigenvalue weighted by Gasteiger charge is 2.25. The van der Waals surface area contributed by atoms with Gasteiger partial charge in [0.1, 0.15) is 0 Å². The highest BCUT2D eigenvalue weighted by molar-refractivity contribution is 7.07. The van der Waals surface area contributed by atoms with Crippen molar-refractivity contribution in [3.63, 3.8) is 0 Å². The molecule has 0 spiro atoms. The van der Waals surface area contributed by atoms with Crippen molar-refractivity contribution in [1.82, 2.24) is 4.57 Å². The third-order valence-electron chi connectivity index (χ3n) is 5.09. The van der Waals surface area contributed by atoms with Crippen molar-refractivity contribution < 1.29 is 4.79 Å². The molecule has 1 aromatic heterocycles. The SMILES string of the molecule is Cn1c(-c2ccc(-c3ccccc3)cc2)cs/c1=N\N=C1\C(=O)Nc2ccccc21. The highest BCUT2D eigenvalue weighted by Crippen LogP contribution is 2.25. The van der Waals surface area contributed by atoms with Crippen molar-refractivity contribution in [2.75, 3.05) is 5.32 Å². The number of thiazole rings is 1. The summed E-state index contributed by atoms with van der Waals surface area (Å²) in [6.45, 7) is 0. The molecule has 146 valence electrons. The Kier molecular flexibility index (Phi) is 4.61. The maximum atomic E-state index is 12.2. The minimum atomic E-state index is -0.226. The first-order chi connectivity index (χ1) is 14.7. The number of para-hydroxylation sites is 1. The number of hydrogen-bond donors (Lipinski definition) is 1. The standard InChI is InChI=1S/C24H18N4OS/c1-28-21(18-13-11-17(12-14-18)16-7-3-2-4-8-16)15-30-24(28)27-26-22-19-9-5-6-10-20(19)25-23(22)29/h2-15H,1H3,(H,25,26,29)/b27-24-. The van der Waals surface area contributed by atoms with E-state index in [0.29, 0.717) is 5.71 Å². The minimum absolute atomic E-state index is 0.226. The van der Waals surface area contributed by atoms with E-state index < -0.39 is 0 Å². The Balaban J connectivity index is 1.47. The van der Waals surface area contributed by atoms with Crippen LogP contribution in [0.3, 0.4) is 0 Å². The summed E-state index contributed by atoms with van der Waals surface area (Å²) in [6, 6.07) is 26.3. The van der Waals surface area contributed by atoms with E-state index in [2.05, 4.69) is 57.3 Å². The van der Waals surface area contributed by atoms with Gasteiger partial charge in [-0.15, -0.1) is 21.5 Å². The van der Waals surface area contributed by atoms with Gasteiger partial charge >= 0.3 is 0 Å². The van der Waals surface area contributed by atoms with Gasteiger partial charge in [0.05, 0.1) is 11.4 Å². The Labute approximate surface area is 177 Å². The van der Waals surface area contributed by atoms with Crippen LogP contribution in [0.15, 0.2) is 94.4 Å². The lowest BCUT2D eigenvalue weighted by atomic mass is 10.0. The summed E-state index contributed by atoms with van der Waals surface area (Å²) >= 11 is 1.49. The fourth-order valence-electron chi connectivity index (χ4n) is 3.48. The molecule has 0 fully saturated rings. The number of benzene rings is 3. The fourth-order valence-corrected chi connectivity index (χ4v) is 4.34. The number of amides is 1. The Morgan fingerprint density at radius 1 is 0.800 bits per heavy atom. The molecule has 4 aromatic rings. The topological polar surface area (TPSA) is 58.8 Å². The summed E-state index contributed by atoms with van der Waals surface area (Å²) in [5, 5.41) is 13.5. The van der Waals surface area contributed by atoms with Gasteiger partial charge in [-0.25, -0.2) is 0 Å². The van der Waals surface area contributed by atoms with Crippen LogP contribution in [0, 0.1) is 0 Å². The third-order valence-corrected chi connectivity index (χ3v) is 6.00. The van der Waals surface area contributed by atoms with Gasteiger partial charge in [-0.1, -0.05) is 72.8 Å². The van der Waals surface area contributed by atoms with Crippen LogP contribution < -0.4 is 10.1 Å². The zero-order valence-corrected chi connectivity index (χ0v) is 17.1. The zero-order chi connectivity index (χ0) is 20.5. The van der Waals surface area contributed by atoms with E-state index in [1.807, 2.05) is 54.1 Å². The van der Waals surface area contributed by atoms with Crippen LogP contribution in [0.25, 0.3) is 22.4 Å². The molecule has 0 saturated carbocycles. The van der Waals surface area contributed by atoms with Crippen molar-refractivity contribution in [1.29, 1.82) is 0 Å². The number of anilines is 1. The van der Waals surface area contributed by atoms with Gasteiger partial charge in [0.25, 0.3) is 5.91 Å². The summed E-state index contributed by atoms with van der Waals surface area (Å²) in [6.07, 6.45) is 0. The molecule has 30 heavy (non-hydrogen) atoms. The van der Waals surface area contributed by atoms with E-state index in [-0.39, 0.29) is 5.91 Å². The zero-order valence-electron chi connectivity index (χ0n) is 16.2. The smallest absolute Gasteiger partial charge is 0.276 e. The molecule has 3 aromatic carbocycles. The quantitative estimate of drug-likeness (QED) is 0.490. The molecule has 6 heteroatoms. The van der Waals surface area contributed by atoms with Crippen LogP contribution in [0.4, 0.5) is 5.69 Å². The van der Waals surface area contributed by atoms with Crippen LogP contribution >= 0.6 is 11.3 Å². The van der Waals surface area contributed by atoms with E-state index in [4.69, 9.17) is 0 Å². The lowest BCUT2D eigenvalue weighted by molar-refractivity contribution is -0.110. The van der Waals surface area contributed by atoms with Gasteiger partial charge in [0.15, 0.2) is 5.71 Å². The van der Waals surface area contributed by atoms with Crippen LogP contribution in [-0.2, 0) is 11.8 Å². The third kappa shape index (κ3) is 3.27. The first-order valence-electron chi connectivity index (χ1n) is 9.53. The van der Waals surface area contributed by atoms with Crippen LogP contribution in [-0.4, -0.2) is 16.2 Å². The second-order valence-electron chi connectivity index (χ2n) is 6.95. The van der Waals surface area contributed by atoms with Crippen molar-refractivity contribution in [3.8, 4) is 22.4 Å². The summed E-state index contributed by atoms with van der Waals surface area (Å²) < 4.78 is 1.99. The highest BCUT2D eigenvalue weighted by atomic mass is 32.1. The predicted octanol–water partition coefficient (Wildman–Crippen LogP) is 4.68. The molecule has 0 radical (unpaired) electrons. The molecule has 0 bridgehead atoms. The summed E-state index contributed by atoms with van der Waals surface area (Å²) in [4.78, 5) is 12.9. The van der Waals surface area contributed by atoms with Crippen molar-refractivity contribution in [2.24, 2.45) is 17.3 Å². The van der Waals surface area contributed by atoms with Gasteiger partial charge in [0, 0.05) is 18.0 Å². The second-order valence-corrected chi connectivity index (χ2v) is 7.79. The number of nitrogens with one attached hydrogen (secondary N) is 1. The lowest BCUT2D eigenvalue weighted by Gasteiger charge is -2.05. The largest absolute Gasteiger partial charge is 0.320 e. The van der Waals surface area contributed by atoms with Gasteiger partial charge < -0.3 is 9.88 Å². The molecule has 0 aliphatic carbocycles. The maximum absolute atomic E-state index is 12.2. The Morgan fingerprint density at radius 2 is 1.47 bits per heavy atom. The number of hydrogen-bond acceptors (Lipinski definition) is 4. The molecule has 5 rings (SSSR count). The van der Waals surface area contributed by atoms with Crippen molar-refractivity contribution in [2.45, 2.75) is 0 Å². The summed E-state index contributed by atoms with van der Waals surface area (Å²) in [5.74, 6) is -0.226. The van der Waals surface area contributed by atoms with Crippen LogP contribution in [0.2, 0.25) is 0 Å². The molecular formula is C24H18N4OS. The molecule has 1 N–H and O–H groups in total. The van der Waals surface area contributed by atoms with Gasteiger partial charge in [0.2, 0.25) is 4.80 Å². The number of aromatic nitrogens is 1. The fraction of sp³-hybridized carbons (Fsp3) is 0.0417. The molecule has 0 atom stereocenters. The Morgan fingerprint density at radius 3 is 2.27 bits per heavy atom. The number of fused-ring (bicyclic) bond motifs is 1. The van der Waals surface area contributed by atoms with Crippen LogP contribution in [0.5, 0.6) is 0 Å². The second kappa shape index (κ2) is 7.57. The monoisotopic (exact) mass is 410 g/mol. The van der Waals surface area contributed by atoms with Crippen molar-refractivity contribution >= 4 is 28.6 Å². The molecule has 5 nitrogen and oxygen atoms in total. The molecular weight excluding hydrogens is 392 g/mol. The molecule has 0 unspecified atom stereocenters. The first-order valence-corrected chi connectivity index (χ1v) is 10.4. The molecule has 0 saturated heterocycles. The van der Waals surface area contributed by atoms with Crippen LogP contribution in [0.1, 0.15) is 5.56 Å². The Bertz CT molecular complexity index is 1330. The van der Waals surface area contributed by atoms with Crippen molar-refractivity contribution in [3.05, 3.63) is 94.6 Å². The Hall–Kier alpha value is -3.77. The normalized spacial score (nSPS) is 14.8. The molecule has 1 aliphatic rings. The lowest BCUT2D eigenvalue weighted by Crippen LogP contribution is -2.15. The average Bonchev–Trinajstić information content (AvgIpc) is 3.31. The molecule has 1 aliphatic heterocycles. The van der Waals surface area contributed by atoms with Gasteiger partial charge in [-0.2, -0.15) is 0 Å². The molecule has 2 heterocycles. The van der Waals surface area contributed by atoms with E-state index in [1.165, 1.54) is 22.5 Å². The first kappa shape index (κ1) is 18.3. The number of carbonyl (C=O) groups is 1. The average molecular weight is 411 g/mol. The number of nitrogens with zero attached hydrogens (tertiary/aromatic N) is 3. The predicted molar refractivity (Wildman–Crippen MR) is 121 cm³/mol. The van der Waals surface area contributed by atoms with E-state index >= 15 is 0 Å². The summed E-state index contributed by atoms with van der Waals surface area (Å²) in [7, 11) is 1.96. The van der Waals surface area contributed by atoms with E-state index in [1.54, 1.807) is 0 Å².